The summed E-state index contributed by atoms with van der Waals surface area (Å²) < 4.78 is 64.5. The fourth-order valence-corrected chi connectivity index (χ4v) is 14.0. The summed E-state index contributed by atoms with van der Waals surface area (Å²) >= 11 is 0. The fourth-order valence-electron chi connectivity index (χ4n) is 10.4. The van der Waals surface area contributed by atoms with Crippen LogP contribution in [0.3, 0.4) is 0 Å². The number of hydrogen-bond donors (Lipinski definition) is 16. The van der Waals surface area contributed by atoms with Crippen LogP contribution in [-0.4, -0.2) is 231 Å². The zero-order valence-electron chi connectivity index (χ0n) is 40.3. The number of rotatable bonds is 15. The highest BCUT2D eigenvalue weighted by molar-refractivity contribution is 7.90. The third-order valence-electron chi connectivity index (χ3n) is 14.5. The van der Waals surface area contributed by atoms with E-state index < -0.39 is 156 Å². The van der Waals surface area contributed by atoms with E-state index >= 15 is 4.57 Å². The summed E-state index contributed by atoms with van der Waals surface area (Å²) in [4.78, 5) is 0. The molecule has 0 radical (unpaired) electrons. The normalized spacial score (nSPS) is 39.9. The molecule has 16 N–H and O–H groups in total. The highest BCUT2D eigenvalue weighted by Gasteiger charge is 2.51. The van der Waals surface area contributed by atoms with E-state index in [0.29, 0.717) is 36.8 Å². The van der Waals surface area contributed by atoms with E-state index in [4.69, 9.17) is 37.9 Å². The van der Waals surface area contributed by atoms with E-state index in [1.807, 2.05) is 0 Å². The van der Waals surface area contributed by atoms with Crippen LogP contribution < -0.4 is 24.3 Å². The Morgan fingerprint density at radius 1 is 0.395 bits per heavy atom. The van der Waals surface area contributed by atoms with E-state index in [0.717, 1.165) is 0 Å². The molecule has 9 rings (SSSR count). The molecule has 5 heterocycles. The second kappa shape index (κ2) is 23.2. The van der Waals surface area contributed by atoms with Crippen molar-refractivity contribution in [2.24, 2.45) is 0 Å². The molecule has 3 aromatic carbocycles. The van der Waals surface area contributed by atoms with E-state index in [2.05, 4.69) is 0 Å². The summed E-state index contributed by atoms with van der Waals surface area (Å²) in [6.45, 7) is -3.19. The number of aliphatic hydroxyl groups is 16. The monoisotopic (exact) mass is 1090 g/mol. The van der Waals surface area contributed by atoms with Crippen molar-refractivity contribution in [1.29, 1.82) is 0 Å². The van der Waals surface area contributed by atoms with E-state index in [-0.39, 0.29) is 50.1 Å². The molecule has 26 heteroatoms. The molecule has 418 valence electrons. The van der Waals surface area contributed by atoms with Gasteiger partial charge in [0.25, 0.3) is 0 Å². The lowest BCUT2D eigenvalue weighted by Crippen LogP contribution is -2.60. The van der Waals surface area contributed by atoms with Crippen molar-refractivity contribution in [1.82, 2.24) is 0 Å². The van der Waals surface area contributed by atoms with Gasteiger partial charge in [-0.2, -0.15) is 0 Å². The van der Waals surface area contributed by atoms with Gasteiger partial charge in [0.2, 0.25) is 25.2 Å². The fraction of sp³-hybridized carbons (Fsp3) is 0.560. The quantitative estimate of drug-likeness (QED) is 0.0642. The van der Waals surface area contributed by atoms with Gasteiger partial charge in [0.1, 0.15) is 121 Å². The van der Waals surface area contributed by atoms with Crippen LogP contribution in [0.15, 0.2) is 77.9 Å². The maximum absolute atomic E-state index is 17.2. The Bertz CT molecular complexity index is 2350. The zero-order chi connectivity index (χ0) is 54.5. The summed E-state index contributed by atoms with van der Waals surface area (Å²) in [6.07, 6.45) is -33.0. The Labute approximate surface area is 433 Å². The average molecular weight is 1100 g/mol. The van der Waals surface area contributed by atoms with Crippen LogP contribution in [0.5, 0.6) is 23.0 Å². The first-order valence-electron chi connectivity index (χ1n) is 24.7. The molecule has 5 aliphatic heterocycles. The van der Waals surface area contributed by atoms with Crippen molar-refractivity contribution < 1.29 is 124 Å². The molecular weight excluding hydrogens is 1030 g/mol. The molecule has 20 atom stereocenters. The number of hydrogen-bond acceptors (Lipinski definition) is 25. The Morgan fingerprint density at radius 3 is 0.934 bits per heavy atom. The number of ether oxygens (including phenoxy) is 8. The minimum absolute atomic E-state index is 0.129. The van der Waals surface area contributed by atoms with Gasteiger partial charge in [-0.1, -0.05) is 30.3 Å². The van der Waals surface area contributed by atoms with Gasteiger partial charge < -0.3 is 124 Å². The zero-order valence-corrected chi connectivity index (χ0v) is 41.2. The number of allylic oxidation sites excluding steroid dienone is 2. The van der Waals surface area contributed by atoms with Gasteiger partial charge in [0.05, 0.1) is 26.4 Å². The van der Waals surface area contributed by atoms with Crippen molar-refractivity contribution in [3.63, 3.8) is 0 Å². The van der Waals surface area contributed by atoms with E-state index in [1.54, 1.807) is 30.3 Å². The lowest BCUT2D eigenvalue weighted by atomic mass is 9.87. The largest absolute Gasteiger partial charge is 0.462 e. The molecule has 0 spiro atoms. The lowest BCUT2D eigenvalue weighted by Gasteiger charge is -2.40. The molecule has 1 saturated carbocycles. The Balaban J connectivity index is 1.21. The van der Waals surface area contributed by atoms with Crippen LogP contribution in [-0.2, 0) is 23.5 Å². The van der Waals surface area contributed by atoms with Gasteiger partial charge in [0.15, 0.2) is 7.14 Å². The van der Waals surface area contributed by atoms with Crippen LogP contribution >= 0.6 is 7.14 Å². The summed E-state index contributed by atoms with van der Waals surface area (Å²) in [5.41, 5.74) is 1.41. The van der Waals surface area contributed by atoms with Crippen LogP contribution in [0, 0.1) is 0 Å². The first-order chi connectivity index (χ1) is 36.3. The van der Waals surface area contributed by atoms with Crippen molar-refractivity contribution in [3.05, 3.63) is 89.0 Å². The molecule has 5 fully saturated rings. The van der Waals surface area contributed by atoms with Crippen LogP contribution in [0.4, 0.5) is 0 Å². The maximum Gasteiger partial charge on any atom is 0.229 e. The highest BCUT2D eigenvalue weighted by Crippen LogP contribution is 2.75. The second-order valence-electron chi connectivity index (χ2n) is 19.5. The predicted molar refractivity (Wildman–Crippen MR) is 256 cm³/mol. The van der Waals surface area contributed by atoms with Gasteiger partial charge in [-0.05, 0) is 72.2 Å². The number of fused-ring (bicyclic) bond motifs is 1. The second-order valence-corrected chi connectivity index (χ2v) is 22.1. The molecule has 25 nitrogen and oxygen atoms in total. The van der Waals surface area contributed by atoms with Gasteiger partial charge in [-0.15, -0.1) is 0 Å². The third-order valence-corrected chi connectivity index (χ3v) is 17.8. The average Bonchev–Trinajstić information content (AvgIpc) is 3.78. The maximum atomic E-state index is 17.2. The summed E-state index contributed by atoms with van der Waals surface area (Å²) in [5, 5.41) is 170. The van der Waals surface area contributed by atoms with Crippen molar-refractivity contribution in [3.8, 4) is 23.0 Å². The minimum atomic E-state index is -4.33. The van der Waals surface area contributed by atoms with Crippen molar-refractivity contribution >= 4 is 23.1 Å². The smallest absolute Gasteiger partial charge is 0.229 e. The van der Waals surface area contributed by atoms with Gasteiger partial charge >= 0.3 is 0 Å². The molecule has 0 bridgehead atoms. The first-order valence-corrected chi connectivity index (χ1v) is 26.4. The molecule has 0 aromatic heterocycles. The molecule has 4 saturated heterocycles. The molecule has 4 unspecified atom stereocenters. The van der Waals surface area contributed by atoms with Gasteiger partial charge in [-0.25, -0.2) is 0 Å². The number of aliphatic hydroxyl groups excluding tert-OH is 16. The van der Waals surface area contributed by atoms with Crippen LogP contribution in [0.1, 0.15) is 36.8 Å². The summed E-state index contributed by atoms with van der Waals surface area (Å²) in [5.74, 6) is -0.815. The number of benzene rings is 3. The van der Waals surface area contributed by atoms with E-state index in [1.165, 1.54) is 36.4 Å². The Hall–Kier alpha value is -4.23. The third kappa shape index (κ3) is 10.6. The minimum Gasteiger partial charge on any atom is -0.462 e. The molecule has 1 aliphatic carbocycles. The van der Waals surface area contributed by atoms with Crippen LogP contribution in [0.2, 0.25) is 0 Å². The first kappa shape index (κ1) is 56.5. The van der Waals surface area contributed by atoms with Crippen molar-refractivity contribution in [2.45, 2.75) is 149 Å². The molecule has 0 amide bonds. The predicted octanol–water partition coefficient (Wildman–Crippen LogP) is -4.20. The van der Waals surface area contributed by atoms with Crippen LogP contribution in [0.25, 0.3) is 10.6 Å². The molecule has 76 heavy (non-hydrogen) atoms. The SMILES string of the molecule is O=P1(c2ccccc2)C(c2cc(OC3O[C@H](CO)[C@H](O)[C@H](O)[C@H]3O)cc(OC3O[C@H](CO)[C@H](O)[C@H](O)[C@H]3O)c2)=C2CCCCC2=C1c1cc(OC2O[C@H](CO)[C@H](O)[C@H](O)[C@H]2O)cc(OC2O[C@H](CO)[C@H](O)[C@H](O)[C@H]2O)c1. The lowest BCUT2D eigenvalue weighted by molar-refractivity contribution is -0.278. The Morgan fingerprint density at radius 2 is 0.671 bits per heavy atom. The van der Waals surface area contributed by atoms with Gasteiger partial charge in [0, 0.05) is 28.1 Å². The van der Waals surface area contributed by atoms with E-state index in [9.17, 15) is 81.7 Å². The Kier molecular flexibility index (Phi) is 17.3. The highest BCUT2D eigenvalue weighted by atomic mass is 31.2. The van der Waals surface area contributed by atoms with Crippen molar-refractivity contribution in [2.75, 3.05) is 26.4 Å². The summed E-state index contributed by atoms with van der Waals surface area (Å²) in [7, 11) is -4.33. The topological polar surface area (TPSA) is 415 Å². The molecule has 3 aromatic rings. The standard InChI is InChI=1S/C50H63O25P/c51-16-29-33(55)37(59)41(63)47(72-29)68-22-10-20(11-23(14-22)69-48-42(64)38(60)34(56)30(17-52)73-48)45-27-8-4-5-9-28(27)46(76(45,67)26-6-2-1-3-7-26)21-12-24(70-49-43(65)39(61)35(57)31(18-53)74-49)15-25(13-21)71-50-44(66)40(62)36(58)32(19-54)75-50/h1-3,6-7,10-15,29-44,47-66H,4-5,8-9,16-19H2/t29-,30-,31-,32-,33+,34+,35+,36+,37+,38+,39+,40+,41-,42-,43-,44-,47?,48?,49?,50?,76?/m1/s1. The molecular formula is C50H63O25P. The molecule has 6 aliphatic rings. The van der Waals surface area contributed by atoms with Gasteiger partial charge in [-0.3, -0.25) is 0 Å². The summed E-state index contributed by atoms with van der Waals surface area (Å²) in [6, 6.07) is 16.4.